The number of nitrogens with zero attached hydrogens (tertiary/aromatic N) is 2. The summed E-state index contributed by atoms with van der Waals surface area (Å²) in [7, 11) is 0. The van der Waals surface area contributed by atoms with Gasteiger partial charge in [0.15, 0.2) is 0 Å². The molecule has 1 aliphatic heterocycles. The monoisotopic (exact) mass is 287 g/mol. The molecule has 116 valence electrons. The molecule has 3 rings (SSSR count). The number of aromatic nitrogens is 1. The van der Waals surface area contributed by atoms with Crippen molar-refractivity contribution in [1.82, 2.24) is 15.2 Å². The lowest BCUT2D eigenvalue weighted by atomic mass is 9.87. The Morgan fingerprint density at radius 2 is 2.05 bits per heavy atom. The average Bonchev–Trinajstić information content (AvgIpc) is 3.32. The highest BCUT2D eigenvalue weighted by molar-refractivity contribution is 5.11. The minimum Gasteiger partial charge on any atom is -0.308 e. The van der Waals surface area contributed by atoms with Gasteiger partial charge in [-0.3, -0.25) is 9.88 Å². The van der Waals surface area contributed by atoms with Crippen molar-refractivity contribution < 1.29 is 0 Å². The summed E-state index contributed by atoms with van der Waals surface area (Å²) >= 11 is 0. The largest absolute Gasteiger partial charge is 0.308 e. The second kappa shape index (κ2) is 6.05. The second-order valence-corrected chi connectivity index (χ2v) is 6.95. The number of aryl methyl sites for hydroxylation is 1. The van der Waals surface area contributed by atoms with Gasteiger partial charge >= 0.3 is 0 Å². The third kappa shape index (κ3) is 3.29. The van der Waals surface area contributed by atoms with Gasteiger partial charge in [-0.1, -0.05) is 19.9 Å². The van der Waals surface area contributed by atoms with Crippen molar-refractivity contribution in [3.05, 3.63) is 29.6 Å². The van der Waals surface area contributed by atoms with Crippen molar-refractivity contribution >= 4 is 0 Å². The first-order valence-electron chi connectivity index (χ1n) is 8.57. The highest BCUT2D eigenvalue weighted by Gasteiger charge is 2.42. The fourth-order valence-corrected chi connectivity index (χ4v) is 3.75. The van der Waals surface area contributed by atoms with Crippen LogP contribution in [0.4, 0.5) is 0 Å². The van der Waals surface area contributed by atoms with E-state index in [0.717, 1.165) is 31.2 Å². The van der Waals surface area contributed by atoms with Gasteiger partial charge in [0, 0.05) is 36.9 Å². The van der Waals surface area contributed by atoms with Gasteiger partial charge in [-0.25, -0.2) is 0 Å². The van der Waals surface area contributed by atoms with Crippen LogP contribution < -0.4 is 5.32 Å². The number of rotatable bonds is 5. The zero-order valence-corrected chi connectivity index (χ0v) is 13.7. The maximum Gasteiger partial charge on any atom is 0.0547 e. The van der Waals surface area contributed by atoms with E-state index >= 15 is 0 Å². The molecule has 0 amide bonds. The molecule has 0 radical (unpaired) electrons. The molecule has 1 unspecified atom stereocenters. The number of hydrogen-bond donors (Lipinski definition) is 1. The molecular formula is C18H29N3. The fourth-order valence-electron chi connectivity index (χ4n) is 3.75. The molecule has 2 heterocycles. The molecule has 1 aromatic heterocycles. The highest BCUT2D eigenvalue weighted by atomic mass is 15.3. The summed E-state index contributed by atoms with van der Waals surface area (Å²) in [4.78, 5) is 7.43. The number of nitrogens with one attached hydrogen (secondary N) is 1. The topological polar surface area (TPSA) is 28.2 Å². The van der Waals surface area contributed by atoms with Crippen LogP contribution in [-0.4, -0.2) is 34.6 Å². The molecule has 3 nitrogen and oxygen atoms in total. The van der Waals surface area contributed by atoms with Crippen LogP contribution in [0, 0.1) is 12.8 Å². The quantitative estimate of drug-likeness (QED) is 0.902. The van der Waals surface area contributed by atoms with Crippen LogP contribution in [-0.2, 0) is 6.54 Å². The molecule has 1 saturated heterocycles. The highest BCUT2D eigenvalue weighted by Crippen LogP contribution is 2.38. The maximum atomic E-state index is 4.72. The molecule has 0 aromatic carbocycles. The first-order chi connectivity index (χ1) is 10.2. The van der Waals surface area contributed by atoms with Gasteiger partial charge in [-0.15, -0.1) is 0 Å². The van der Waals surface area contributed by atoms with Crippen LogP contribution >= 0.6 is 0 Å². The van der Waals surface area contributed by atoms with E-state index in [-0.39, 0.29) is 0 Å². The Balaban J connectivity index is 1.77. The molecule has 0 spiro atoms. The number of hydrogen-bond acceptors (Lipinski definition) is 3. The van der Waals surface area contributed by atoms with Crippen LogP contribution in [0.1, 0.15) is 50.9 Å². The lowest BCUT2D eigenvalue weighted by molar-refractivity contribution is 0.0547. The van der Waals surface area contributed by atoms with E-state index in [1.807, 2.05) is 0 Å². The molecule has 1 atom stereocenters. The molecule has 1 N–H and O–H groups in total. The predicted molar refractivity (Wildman–Crippen MR) is 87.2 cm³/mol. The van der Waals surface area contributed by atoms with E-state index in [9.17, 15) is 0 Å². The summed E-state index contributed by atoms with van der Waals surface area (Å²) in [5.41, 5.74) is 2.65. The standard InChI is InChI=1S/C18H29N3/c1-4-18(5-2)13-21(17(11-19-18)15-9-10-15)12-16-8-6-7-14(3)20-16/h6-8,15,17,19H,4-5,9-13H2,1-3H3. The number of piperazine rings is 1. The molecule has 2 aliphatic rings. The molecule has 1 aliphatic carbocycles. The lowest BCUT2D eigenvalue weighted by Crippen LogP contribution is -2.64. The van der Waals surface area contributed by atoms with E-state index in [2.05, 4.69) is 49.2 Å². The Labute approximate surface area is 129 Å². The molecule has 1 saturated carbocycles. The van der Waals surface area contributed by atoms with Gasteiger partial charge in [0.05, 0.1) is 5.69 Å². The lowest BCUT2D eigenvalue weighted by Gasteiger charge is -2.47. The Hall–Kier alpha value is -0.930. The summed E-state index contributed by atoms with van der Waals surface area (Å²) in [6.45, 7) is 10.0. The van der Waals surface area contributed by atoms with Crippen molar-refractivity contribution in [2.24, 2.45) is 5.92 Å². The Kier molecular flexibility index (Phi) is 4.32. The third-order valence-electron chi connectivity index (χ3n) is 5.49. The molecule has 2 fully saturated rings. The first-order valence-corrected chi connectivity index (χ1v) is 8.57. The van der Waals surface area contributed by atoms with Crippen LogP contribution in [0.2, 0.25) is 0 Å². The molecule has 1 aromatic rings. The van der Waals surface area contributed by atoms with Crippen molar-refractivity contribution in [2.75, 3.05) is 13.1 Å². The van der Waals surface area contributed by atoms with Crippen molar-refractivity contribution in [3.63, 3.8) is 0 Å². The molecular weight excluding hydrogens is 258 g/mol. The Morgan fingerprint density at radius 1 is 1.29 bits per heavy atom. The molecule has 21 heavy (non-hydrogen) atoms. The smallest absolute Gasteiger partial charge is 0.0547 e. The summed E-state index contributed by atoms with van der Waals surface area (Å²) in [5, 5.41) is 3.87. The normalized spacial score (nSPS) is 26.0. The van der Waals surface area contributed by atoms with E-state index in [0.29, 0.717) is 11.6 Å². The van der Waals surface area contributed by atoms with Crippen LogP contribution in [0.15, 0.2) is 18.2 Å². The summed E-state index contributed by atoms with van der Waals surface area (Å²) in [6.07, 6.45) is 5.24. The van der Waals surface area contributed by atoms with Gasteiger partial charge in [-0.05, 0) is 50.7 Å². The van der Waals surface area contributed by atoms with Crippen molar-refractivity contribution in [1.29, 1.82) is 0 Å². The molecule has 3 heteroatoms. The Bertz CT molecular complexity index is 477. The zero-order chi connectivity index (χ0) is 14.9. The van der Waals surface area contributed by atoms with E-state index in [1.54, 1.807) is 0 Å². The van der Waals surface area contributed by atoms with Gasteiger partial charge < -0.3 is 5.32 Å². The Morgan fingerprint density at radius 3 is 2.67 bits per heavy atom. The first kappa shape index (κ1) is 15.0. The van der Waals surface area contributed by atoms with Crippen LogP contribution in [0.3, 0.4) is 0 Å². The predicted octanol–water partition coefficient (Wildman–Crippen LogP) is 3.13. The van der Waals surface area contributed by atoms with Gasteiger partial charge in [-0.2, -0.15) is 0 Å². The summed E-state index contributed by atoms with van der Waals surface area (Å²) in [6, 6.07) is 7.11. The second-order valence-electron chi connectivity index (χ2n) is 6.95. The van der Waals surface area contributed by atoms with E-state index < -0.39 is 0 Å². The van der Waals surface area contributed by atoms with Gasteiger partial charge in [0.2, 0.25) is 0 Å². The van der Waals surface area contributed by atoms with Crippen molar-refractivity contribution in [3.8, 4) is 0 Å². The van der Waals surface area contributed by atoms with Crippen molar-refractivity contribution in [2.45, 2.75) is 64.6 Å². The van der Waals surface area contributed by atoms with Gasteiger partial charge in [0.1, 0.15) is 0 Å². The van der Waals surface area contributed by atoms with Gasteiger partial charge in [0.25, 0.3) is 0 Å². The minimum absolute atomic E-state index is 0.301. The fraction of sp³-hybridized carbons (Fsp3) is 0.722. The van der Waals surface area contributed by atoms with E-state index in [1.165, 1.54) is 31.4 Å². The number of pyridine rings is 1. The van der Waals surface area contributed by atoms with E-state index in [4.69, 9.17) is 4.98 Å². The summed E-state index contributed by atoms with van der Waals surface area (Å²) < 4.78 is 0. The zero-order valence-electron chi connectivity index (χ0n) is 13.7. The summed E-state index contributed by atoms with van der Waals surface area (Å²) in [5.74, 6) is 0.911. The van der Waals surface area contributed by atoms with Crippen LogP contribution in [0.5, 0.6) is 0 Å². The average molecular weight is 287 g/mol. The minimum atomic E-state index is 0.301. The maximum absolute atomic E-state index is 4.72. The molecule has 0 bridgehead atoms. The SMILES string of the molecule is CCC1(CC)CN(Cc2cccc(C)n2)C(C2CC2)CN1. The van der Waals surface area contributed by atoms with Crippen LogP contribution in [0.25, 0.3) is 0 Å². The third-order valence-corrected chi connectivity index (χ3v) is 5.49.